The van der Waals surface area contributed by atoms with Gasteiger partial charge < -0.3 is 9.80 Å². The molecule has 0 N–H and O–H groups in total. The van der Waals surface area contributed by atoms with Crippen molar-refractivity contribution in [2.24, 2.45) is 0 Å². The molecule has 0 saturated carbocycles. The van der Waals surface area contributed by atoms with E-state index in [0.29, 0.717) is 18.0 Å². The molecule has 2 atom stereocenters. The molecule has 2 rings (SSSR count). The number of anilines is 2. The molecule has 0 aliphatic carbocycles. The summed E-state index contributed by atoms with van der Waals surface area (Å²) >= 11 is 6.11. The summed E-state index contributed by atoms with van der Waals surface area (Å²) in [5, 5.41) is 0.283. The normalized spacial score (nSPS) is 22.4. The molecule has 0 spiro atoms. The Morgan fingerprint density at radius 3 is 2.45 bits per heavy atom. The van der Waals surface area contributed by atoms with Crippen LogP contribution in [-0.4, -0.2) is 40.1 Å². The third kappa shape index (κ3) is 2.97. The van der Waals surface area contributed by atoms with Crippen molar-refractivity contribution in [3.63, 3.8) is 0 Å². The number of hydrogen-bond acceptors (Lipinski definition) is 5. The molecule has 6 heteroatoms. The van der Waals surface area contributed by atoms with Crippen LogP contribution in [0.5, 0.6) is 0 Å². The second-order valence-electron chi connectivity index (χ2n) is 5.27. The average molecular weight is 298 g/mol. The number of halogens is 1. The summed E-state index contributed by atoms with van der Waals surface area (Å²) < 4.78 is 0. The van der Waals surface area contributed by atoms with Gasteiger partial charge in [-0.2, -0.15) is 15.0 Å². The van der Waals surface area contributed by atoms with Crippen LogP contribution in [0.1, 0.15) is 47.0 Å². The summed E-state index contributed by atoms with van der Waals surface area (Å²) in [5.74, 6) is 1.41. The summed E-state index contributed by atoms with van der Waals surface area (Å²) in [6.45, 7) is 10.3. The van der Waals surface area contributed by atoms with E-state index in [1.807, 2.05) is 0 Å². The summed E-state index contributed by atoms with van der Waals surface area (Å²) in [6, 6.07) is 0.969. The Labute approximate surface area is 126 Å². The Morgan fingerprint density at radius 1 is 1.15 bits per heavy atom. The molecule has 1 aromatic rings. The lowest BCUT2D eigenvalue weighted by Crippen LogP contribution is -2.36. The van der Waals surface area contributed by atoms with Crippen molar-refractivity contribution < 1.29 is 0 Å². The lowest BCUT2D eigenvalue weighted by Gasteiger charge is -2.29. The zero-order chi connectivity index (χ0) is 14.7. The number of nitrogens with zero attached hydrogens (tertiary/aromatic N) is 5. The van der Waals surface area contributed by atoms with Crippen molar-refractivity contribution in [1.29, 1.82) is 0 Å². The van der Waals surface area contributed by atoms with Gasteiger partial charge in [0, 0.05) is 25.2 Å². The number of aromatic nitrogens is 3. The SMILES string of the molecule is CCC1CCC(C)N1c1nc(Cl)nc(N(CC)CC)n1. The molecule has 5 nitrogen and oxygen atoms in total. The molecule has 1 aliphatic rings. The highest BCUT2D eigenvalue weighted by atomic mass is 35.5. The zero-order valence-corrected chi connectivity index (χ0v) is 13.6. The van der Waals surface area contributed by atoms with Gasteiger partial charge in [0.2, 0.25) is 17.2 Å². The van der Waals surface area contributed by atoms with Crippen molar-refractivity contribution in [1.82, 2.24) is 15.0 Å². The quantitative estimate of drug-likeness (QED) is 0.835. The Kier molecular flexibility index (Phi) is 5.02. The Hall–Kier alpha value is -1.10. The van der Waals surface area contributed by atoms with E-state index in [2.05, 4.69) is 52.4 Å². The molecular weight excluding hydrogens is 274 g/mol. The fourth-order valence-corrected chi connectivity index (χ4v) is 3.08. The number of hydrogen-bond donors (Lipinski definition) is 0. The van der Waals surface area contributed by atoms with Gasteiger partial charge >= 0.3 is 0 Å². The summed E-state index contributed by atoms with van der Waals surface area (Å²) in [6.07, 6.45) is 3.48. The van der Waals surface area contributed by atoms with Gasteiger partial charge in [-0.1, -0.05) is 6.92 Å². The Bertz CT molecular complexity index is 449. The van der Waals surface area contributed by atoms with Gasteiger partial charge in [0.15, 0.2) is 0 Å². The van der Waals surface area contributed by atoms with Crippen LogP contribution in [0.3, 0.4) is 0 Å². The van der Waals surface area contributed by atoms with Crippen LogP contribution >= 0.6 is 11.6 Å². The minimum absolute atomic E-state index is 0.283. The van der Waals surface area contributed by atoms with Crippen molar-refractivity contribution >= 4 is 23.5 Å². The van der Waals surface area contributed by atoms with Gasteiger partial charge in [0.25, 0.3) is 0 Å². The highest BCUT2D eigenvalue weighted by Gasteiger charge is 2.32. The zero-order valence-electron chi connectivity index (χ0n) is 12.8. The highest BCUT2D eigenvalue weighted by molar-refractivity contribution is 6.28. The van der Waals surface area contributed by atoms with Crippen LogP contribution in [0.2, 0.25) is 5.28 Å². The van der Waals surface area contributed by atoms with Gasteiger partial charge in [-0.3, -0.25) is 0 Å². The van der Waals surface area contributed by atoms with Crippen LogP contribution in [0.15, 0.2) is 0 Å². The van der Waals surface area contributed by atoms with E-state index >= 15 is 0 Å². The van der Waals surface area contributed by atoms with Gasteiger partial charge in [-0.05, 0) is 51.6 Å². The van der Waals surface area contributed by atoms with Crippen molar-refractivity contribution in [3.8, 4) is 0 Å². The maximum atomic E-state index is 6.11. The van der Waals surface area contributed by atoms with E-state index in [4.69, 9.17) is 11.6 Å². The smallest absolute Gasteiger partial charge is 0.231 e. The van der Waals surface area contributed by atoms with Crippen molar-refractivity contribution in [2.45, 2.75) is 59.0 Å². The minimum atomic E-state index is 0.283. The molecule has 0 aromatic carbocycles. The molecule has 112 valence electrons. The summed E-state index contributed by atoms with van der Waals surface area (Å²) in [7, 11) is 0. The Morgan fingerprint density at radius 2 is 1.85 bits per heavy atom. The van der Waals surface area contributed by atoms with Crippen LogP contribution in [0.4, 0.5) is 11.9 Å². The maximum Gasteiger partial charge on any atom is 0.231 e. The van der Waals surface area contributed by atoms with E-state index in [1.165, 1.54) is 12.8 Å². The van der Waals surface area contributed by atoms with Gasteiger partial charge in [0.1, 0.15) is 0 Å². The molecule has 0 radical (unpaired) electrons. The molecule has 1 aromatic heterocycles. The molecule has 1 aliphatic heterocycles. The van der Waals surface area contributed by atoms with E-state index in [0.717, 1.165) is 25.5 Å². The van der Waals surface area contributed by atoms with E-state index in [9.17, 15) is 0 Å². The molecule has 0 amide bonds. The molecule has 1 fully saturated rings. The van der Waals surface area contributed by atoms with Gasteiger partial charge in [-0.25, -0.2) is 0 Å². The van der Waals surface area contributed by atoms with Crippen LogP contribution < -0.4 is 9.80 Å². The fraction of sp³-hybridized carbons (Fsp3) is 0.786. The molecule has 20 heavy (non-hydrogen) atoms. The second kappa shape index (κ2) is 6.57. The third-order valence-electron chi connectivity index (χ3n) is 4.12. The molecule has 2 heterocycles. The predicted octanol–water partition coefficient (Wildman–Crippen LogP) is 3.14. The predicted molar refractivity (Wildman–Crippen MR) is 83.7 cm³/mol. The molecular formula is C14H24ClN5. The highest BCUT2D eigenvalue weighted by Crippen LogP contribution is 2.30. The first-order valence-electron chi connectivity index (χ1n) is 7.55. The lowest BCUT2D eigenvalue weighted by molar-refractivity contribution is 0.610. The fourth-order valence-electron chi connectivity index (χ4n) is 2.93. The van der Waals surface area contributed by atoms with Gasteiger partial charge in [0.05, 0.1) is 0 Å². The lowest BCUT2D eigenvalue weighted by atomic mass is 10.2. The molecule has 0 bridgehead atoms. The van der Waals surface area contributed by atoms with Crippen molar-refractivity contribution in [2.75, 3.05) is 22.9 Å². The number of rotatable bonds is 5. The minimum Gasteiger partial charge on any atom is -0.341 e. The van der Waals surface area contributed by atoms with Gasteiger partial charge in [-0.15, -0.1) is 0 Å². The molecule has 2 unspecified atom stereocenters. The second-order valence-corrected chi connectivity index (χ2v) is 5.61. The van der Waals surface area contributed by atoms with Crippen LogP contribution in [-0.2, 0) is 0 Å². The van der Waals surface area contributed by atoms with E-state index in [-0.39, 0.29) is 5.28 Å². The first kappa shape index (κ1) is 15.3. The van der Waals surface area contributed by atoms with Crippen LogP contribution in [0.25, 0.3) is 0 Å². The summed E-state index contributed by atoms with van der Waals surface area (Å²) in [5.41, 5.74) is 0. The van der Waals surface area contributed by atoms with E-state index in [1.54, 1.807) is 0 Å². The topological polar surface area (TPSA) is 45.2 Å². The average Bonchev–Trinajstić information content (AvgIpc) is 2.80. The largest absolute Gasteiger partial charge is 0.341 e. The summed E-state index contributed by atoms with van der Waals surface area (Å²) in [4.78, 5) is 17.7. The van der Waals surface area contributed by atoms with Crippen LogP contribution in [0, 0.1) is 0 Å². The monoisotopic (exact) mass is 297 g/mol. The Balaban J connectivity index is 2.36. The first-order valence-corrected chi connectivity index (χ1v) is 7.93. The standard InChI is InChI=1S/C14H24ClN5/c1-5-11-9-8-10(4)20(11)14-17-12(15)16-13(18-14)19(6-2)7-3/h10-11H,5-9H2,1-4H3. The first-order chi connectivity index (χ1) is 9.60. The maximum absolute atomic E-state index is 6.11. The third-order valence-corrected chi connectivity index (χ3v) is 4.29. The molecule has 1 saturated heterocycles. The van der Waals surface area contributed by atoms with E-state index < -0.39 is 0 Å². The van der Waals surface area contributed by atoms with Crippen molar-refractivity contribution in [3.05, 3.63) is 5.28 Å².